The molecular formula is C19H24N2O2. The van der Waals surface area contributed by atoms with Crippen LogP contribution in [0, 0.1) is 11.8 Å². The number of piperidine rings is 3. The lowest BCUT2D eigenvalue weighted by molar-refractivity contribution is -0.168. The average Bonchev–Trinajstić information content (AvgIpc) is 3.05. The van der Waals surface area contributed by atoms with Crippen molar-refractivity contribution in [3.8, 4) is 0 Å². The number of nitrogens with zero attached hydrogens (tertiary/aromatic N) is 1. The van der Waals surface area contributed by atoms with Gasteiger partial charge in [-0.15, -0.1) is 6.58 Å². The van der Waals surface area contributed by atoms with E-state index in [0.29, 0.717) is 24.9 Å². The Bertz CT molecular complexity index is 663. The monoisotopic (exact) mass is 312 g/mol. The van der Waals surface area contributed by atoms with Crippen LogP contribution in [0.1, 0.15) is 24.8 Å². The molecular weight excluding hydrogens is 288 g/mol. The molecule has 4 heteroatoms. The summed E-state index contributed by atoms with van der Waals surface area (Å²) >= 11 is 0. The third kappa shape index (κ3) is 1.61. The van der Waals surface area contributed by atoms with Gasteiger partial charge >= 0.3 is 0 Å². The Hall–Kier alpha value is -1.36. The standard InChI is InChI=1S/C19H24N2O2/c1-2-13-12-21-9-7-14(13)11-17(21)19-18(22,8-10-23-19)15-5-3-4-6-16(15)20-19/h2-6,13-14,17,20,22H,1,7-12H2/t13?,14?,17-,18-,19+/m1/s1. The average molecular weight is 312 g/mol. The van der Waals surface area contributed by atoms with E-state index >= 15 is 0 Å². The van der Waals surface area contributed by atoms with Gasteiger partial charge in [-0.2, -0.15) is 0 Å². The fourth-order valence-electron chi connectivity index (χ4n) is 5.51. The lowest BCUT2D eigenvalue weighted by Gasteiger charge is -2.55. The topological polar surface area (TPSA) is 44.7 Å². The molecule has 1 aromatic rings. The van der Waals surface area contributed by atoms with E-state index < -0.39 is 11.3 Å². The second-order valence-electron chi connectivity index (χ2n) is 7.56. The highest BCUT2D eigenvalue weighted by atomic mass is 16.5. The largest absolute Gasteiger partial charge is 0.380 e. The smallest absolute Gasteiger partial charge is 0.187 e. The minimum absolute atomic E-state index is 0.220. The van der Waals surface area contributed by atoms with Gasteiger partial charge in [-0.25, -0.2) is 0 Å². The van der Waals surface area contributed by atoms with Crippen LogP contribution in [-0.2, 0) is 10.3 Å². The van der Waals surface area contributed by atoms with E-state index in [-0.39, 0.29) is 6.04 Å². The number of fused-ring (bicyclic) bond motifs is 7. The quantitative estimate of drug-likeness (QED) is 0.823. The van der Waals surface area contributed by atoms with E-state index in [1.165, 1.54) is 6.42 Å². The zero-order chi connectivity index (χ0) is 15.7. The number of benzene rings is 1. The molecule has 1 aromatic carbocycles. The van der Waals surface area contributed by atoms with E-state index in [1.807, 2.05) is 18.2 Å². The molecule has 122 valence electrons. The second kappa shape index (κ2) is 4.59. The van der Waals surface area contributed by atoms with Crippen molar-refractivity contribution >= 4 is 5.69 Å². The van der Waals surface area contributed by atoms with Gasteiger partial charge < -0.3 is 15.2 Å². The Labute approximate surface area is 137 Å². The Morgan fingerprint density at radius 3 is 3.04 bits per heavy atom. The van der Waals surface area contributed by atoms with Crippen molar-refractivity contribution in [3.05, 3.63) is 42.5 Å². The molecule has 0 saturated carbocycles. The van der Waals surface area contributed by atoms with Crippen LogP contribution in [0.2, 0.25) is 0 Å². The number of ether oxygens (including phenoxy) is 1. The van der Waals surface area contributed by atoms with Gasteiger partial charge in [0.25, 0.3) is 0 Å². The molecule has 0 aliphatic carbocycles. The van der Waals surface area contributed by atoms with Crippen LogP contribution in [0.4, 0.5) is 5.69 Å². The summed E-state index contributed by atoms with van der Waals surface area (Å²) < 4.78 is 6.28. The molecule has 4 nitrogen and oxygen atoms in total. The molecule has 6 atom stereocenters. The molecule has 3 unspecified atom stereocenters. The Morgan fingerprint density at radius 1 is 1.39 bits per heavy atom. The highest BCUT2D eigenvalue weighted by Gasteiger charge is 2.67. The van der Waals surface area contributed by atoms with Gasteiger partial charge in [0.15, 0.2) is 5.72 Å². The van der Waals surface area contributed by atoms with Crippen LogP contribution < -0.4 is 5.32 Å². The van der Waals surface area contributed by atoms with Crippen molar-refractivity contribution in [1.82, 2.24) is 4.90 Å². The Kier molecular flexibility index (Phi) is 2.80. The summed E-state index contributed by atoms with van der Waals surface area (Å²) in [7, 11) is 0. The van der Waals surface area contributed by atoms with Crippen molar-refractivity contribution in [3.63, 3.8) is 0 Å². The first-order chi connectivity index (χ1) is 11.2. The highest BCUT2D eigenvalue weighted by molar-refractivity contribution is 5.63. The number of aliphatic hydroxyl groups is 1. The summed E-state index contributed by atoms with van der Waals surface area (Å²) in [6, 6.07) is 8.35. The predicted octanol–water partition coefficient (Wildman–Crippen LogP) is 2.31. The van der Waals surface area contributed by atoms with Gasteiger partial charge in [-0.05, 0) is 37.3 Å². The molecule has 0 amide bonds. The predicted molar refractivity (Wildman–Crippen MR) is 89.0 cm³/mol. The number of para-hydroxylation sites is 1. The maximum Gasteiger partial charge on any atom is 0.187 e. The van der Waals surface area contributed by atoms with Gasteiger partial charge in [0.2, 0.25) is 0 Å². The molecule has 6 rings (SSSR count). The number of nitrogens with one attached hydrogen (secondary N) is 1. The number of hydrogen-bond acceptors (Lipinski definition) is 4. The van der Waals surface area contributed by atoms with Crippen molar-refractivity contribution in [2.75, 3.05) is 25.0 Å². The lowest BCUT2D eigenvalue weighted by Crippen LogP contribution is -2.68. The Morgan fingerprint density at radius 2 is 2.26 bits per heavy atom. The minimum atomic E-state index is -0.921. The van der Waals surface area contributed by atoms with Crippen LogP contribution in [0.15, 0.2) is 36.9 Å². The van der Waals surface area contributed by atoms with Crippen molar-refractivity contribution in [2.45, 2.75) is 36.6 Å². The first-order valence-electron chi connectivity index (χ1n) is 8.78. The molecule has 0 radical (unpaired) electrons. The van der Waals surface area contributed by atoms with E-state index in [0.717, 1.165) is 30.8 Å². The molecule has 0 spiro atoms. The maximum atomic E-state index is 11.6. The highest BCUT2D eigenvalue weighted by Crippen LogP contribution is 2.57. The molecule has 23 heavy (non-hydrogen) atoms. The van der Waals surface area contributed by atoms with Gasteiger partial charge in [0.05, 0.1) is 12.6 Å². The van der Waals surface area contributed by atoms with Gasteiger partial charge in [0.1, 0.15) is 5.60 Å². The number of anilines is 1. The molecule has 0 aromatic heterocycles. The van der Waals surface area contributed by atoms with Gasteiger partial charge in [-0.3, -0.25) is 4.90 Å². The van der Waals surface area contributed by atoms with E-state index in [1.54, 1.807) is 0 Å². The molecule has 4 saturated heterocycles. The van der Waals surface area contributed by atoms with Crippen LogP contribution in [0.25, 0.3) is 0 Å². The summed E-state index contributed by atoms with van der Waals surface area (Å²) in [5.41, 5.74) is 0.412. The summed E-state index contributed by atoms with van der Waals surface area (Å²) in [5.74, 6) is 1.24. The molecule has 5 heterocycles. The number of rotatable bonds is 2. The molecule has 2 N–H and O–H groups in total. The van der Waals surface area contributed by atoms with E-state index in [9.17, 15) is 5.11 Å². The second-order valence-corrected chi connectivity index (χ2v) is 7.56. The van der Waals surface area contributed by atoms with E-state index in [2.05, 4.69) is 28.9 Å². The third-order valence-electron chi connectivity index (χ3n) is 6.68. The maximum absolute atomic E-state index is 11.6. The van der Waals surface area contributed by atoms with Gasteiger partial charge in [0, 0.05) is 24.2 Å². The Balaban J connectivity index is 1.57. The first kappa shape index (κ1) is 14.0. The third-order valence-corrected chi connectivity index (χ3v) is 6.68. The van der Waals surface area contributed by atoms with E-state index in [4.69, 9.17) is 4.74 Å². The minimum Gasteiger partial charge on any atom is -0.380 e. The van der Waals surface area contributed by atoms with Crippen LogP contribution in [0.3, 0.4) is 0 Å². The van der Waals surface area contributed by atoms with Crippen LogP contribution >= 0.6 is 0 Å². The first-order valence-corrected chi connectivity index (χ1v) is 8.78. The van der Waals surface area contributed by atoms with Crippen LogP contribution in [0.5, 0.6) is 0 Å². The normalized spacial score (nSPS) is 47.0. The summed E-state index contributed by atoms with van der Waals surface area (Å²) in [6.45, 7) is 6.76. The van der Waals surface area contributed by atoms with Gasteiger partial charge in [-0.1, -0.05) is 24.3 Å². The summed E-state index contributed by atoms with van der Waals surface area (Å²) in [6.07, 6.45) is 5.08. The summed E-state index contributed by atoms with van der Waals surface area (Å²) in [4.78, 5) is 2.52. The molecule has 5 aliphatic rings. The van der Waals surface area contributed by atoms with Crippen molar-refractivity contribution < 1.29 is 9.84 Å². The lowest BCUT2D eigenvalue weighted by atomic mass is 9.70. The van der Waals surface area contributed by atoms with Crippen molar-refractivity contribution in [1.29, 1.82) is 0 Å². The van der Waals surface area contributed by atoms with Crippen LogP contribution in [-0.4, -0.2) is 41.5 Å². The molecule has 2 bridgehead atoms. The van der Waals surface area contributed by atoms with Crippen molar-refractivity contribution in [2.24, 2.45) is 11.8 Å². The molecule has 4 fully saturated rings. The zero-order valence-corrected chi connectivity index (χ0v) is 13.4. The fourth-order valence-corrected chi connectivity index (χ4v) is 5.51. The summed E-state index contributed by atoms with van der Waals surface area (Å²) in [5, 5.41) is 15.2. The zero-order valence-electron chi connectivity index (χ0n) is 13.4. The fraction of sp³-hybridized carbons (Fsp3) is 0.579. The SMILES string of the molecule is C=CC1CN2CCC1C[C@@H]2[C@@]12Nc3ccccc3[C@]1(O)CCO2. The molecule has 5 aliphatic heterocycles. The number of hydrogen-bond donors (Lipinski definition) is 2.